The number of hydrogen-bond donors (Lipinski definition) is 1. The molecular weight excluding hydrogens is 276 g/mol. The van der Waals surface area contributed by atoms with Gasteiger partial charge in [0.1, 0.15) is 9.73 Å². The Balaban J connectivity index is 2.46. The number of carbonyl (C=O) groups excluding carboxylic acids is 1. The molecule has 0 fully saturated rings. The summed E-state index contributed by atoms with van der Waals surface area (Å²) in [7, 11) is -1.84. The number of nitrogens with zero attached hydrogens (tertiary/aromatic N) is 1. The van der Waals surface area contributed by atoms with Crippen molar-refractivity contribution < 1.29 is 13.7 Å². The lowest BCUT2D eigenvalue weighted by Gasteiger charge is -2.10. The smallest absolute Gasteiger partial charge is 0.337 e. The molecule has 1 N–H and O–H groups in total. The van der Waals surface area contributed by atoms with E-state index in [-0.39, 0.29) is 0 Å². The van der Waals surface area contributed by atoms with Crippen LogP contribution in [-0.2, 0) is 14.5 Å². The SMILES string of the molecule is COC(=O)c1ccc(S(=N)(=O)c2cccnc2C)cc1. The van der Waals surface area contributed by atoms with Crippen LogP contribution >= 0.6 is 0 Å². The van der Waals surface area contributed by atoms with Gasteiger partial charge in [-0.05, 0) is 43.3 Å². The van der Waals surface area contributed by atoms with E-state index in [4.69, 9.17) is 4.78 Å². The van der Waals surface area contributed by atoms with Gasteiger partial charge in [0.2, 0.25) is 0 Å². The zero-order valence-corrected chi connectivity index (χ0v) is 11.9. The average Bonchev–Trinajstić information content (AvgIpc) is 2.47. The average molecular weight is 290 g/mol. The maximum atomic E-state index is 12.7. The number of aromatic nitrogens is 1. The highest BCUT2D eigenvalue weighted by Crippen LogP contribution is 2.23. The molecule has 0 aliphatic carbocycles. The molecule has 104 valence electrons. The number of nitrogens with one attached hydrogen (secondary N) is 1. The van der Waals surface area contributed by atoms with E-state index in [9.17, 15) is 9.00 Å². The monoisotopic (exact) mass is 290 g/mol. The predicted octanol–water partition coefficient (Wildman–Crippen LogP) is 2.64. The molecule has 2 rings (SSSR count). The zero-order chi connectivity index (χ0) is 14.8. The molecular formula is C14H14N2O3S. The number of benzene rings is 1. The summed E-state index contributed by atoms with van der Waals surface area (Å²) in [5.41, 5.74) is 0.916. The zero-order valence-electron chi connectivity index (χ0n) is 11.1. The molecule has 20 heavy (non-hydrogen) atoms. The molecule has 1 atom stereocenters. The van der Waals surface area contributed by atoms with Crippen molar-refractivity contribution in [2.24, 2.45) is 0 Å². The normalized spacial score (nSPS) is 13.5. The summed E-state index contributed by atoms with van der Waals surface area (Å²) >= 11 is 0. The summed E-state index contributed by atoms with van der Waals surface area (Å²) in [6.07, 6.45) is 1.59. The molecule has 0 bridgehead atoms. The summed E-state index contributed by atoms with van der Waals surface area (Å²) in [5.74, 6) is -0.467. The molecule has 1 heterocycles. The summed E-state index contributed by atoms with van der Waals surface area (Å²) in [6.45, 7) is 1.71. The molecule has 0 aliphatic heterocycles. The largest absolute Gasteiger partial charge is 0.465 e. The van der Waals surface area contributed by atoms with Crippen molar-refractivity contribution >= 4 is 15.7 Å². The second kappa shape index (κ2) is 5.42. The number of carbonyl (C=O) groups is 1. The van der Waals surface area contributed by atoms with E-state index < -0.39 is 15.7 Å². The van der Waals surface area contributed by atoms with E-state index in [1.807, 2.05) is 0 Å². The molecule has 0 saturated heterocycles. The number of ether oxygens (including phenoxy) is 1. The quantitative estimate of drug-likeness (QED) is 0.881. The van der Waals surface area contributed by atoms with Crippen molar-refractivity contribution in [2.45, 2.75) is 16.7 Å². The standard InChI is InChI=1S/C14H14N2O3S/c1-10-13(4-3-9-16-10)20(15,18)12-7-5-11(6-8-12)14(17)19-2/h3-9,15H,1-2H3. The van der Waals surface area contributed by atoms with Crippen molar-refractivity contribution in [3.05, 3.63) is 53.9 Å². The van der Waals surface area contributed by atoms with Crippen LogP contribution in [0.15, 0.2) is 52.4 Å². The lowest BCUT2D eigenvalue weighted by atomic mass is 10.2. The number of rotatable bonds is 3. The molecule has 1 aromatic carbocycles. The molecule has 6 heteroatoms. The fraction of sp³-hybridized carbons (Fsp3) is 0.143. The Kier molecular flexibility index (Phi) is 3.85. The van der Waals surface area contributed by atoms with Gasteiger partial charge in [-0.2, -0.15) is 0 Å². The van der Waals surface area contributed by atoms with Gasteiger partial charge in [0.25, 0.3) is 0 Å². The van der Waals surface area contributed by atoms with E-state index in [2.05, 4.69) is 9.72 Å². The van der Waals surface area contributed by atoms with Crippen LogP contribution in [0.5, 0.6) is 0 Å². The number of methoxy groups -OCH3 is 1. The molecule has 0 saturated carbocycles. The van der Waals surface area contributed by atoms with Crippen molar-refractivity contribution in [3.8, 4) is 0 Å². The first-order valence-electron chi connectivity index (χ1n) is 5.85. The summed E-state index contributed by atoms with van der Waals surface area (Å²) in [5, 5.41) is 0. The second-order valence-electron chi connectivity index (χ2n) is 4.16. The Bertz CT molecular complexity index is 737. The minimum absolute atomic E-state index is 0.334. The summed E-state index contributed by atoms with van der Waals surface area (Å²) in [6, 6.07) is 9.30. The van der Waals surface area contributed by atoms with E-state index in [1.54, 1.807) is 25.3 Å². The van der Waals surface area contributed by atoms with Crippen LogP contribution in [-0.4, -0.2) is 22.3 Å². The van der Waals surface area contributed by atoms with E-state index in [0.29, 0.717) is 21.0 Å². The van der Waals surface area contributed by atoms with Crippen LogP contribution in [0.1, 0.15) is 16.1 Å². The van der Waals surface area contributed by atoms with Gasteiger partial charge in [0.05, 0.1) is 28.2 Å². The number of hydrogen-bond acceptors (Lipinski definition) is 5. The van der Waals surface area contributed by atoms with Gasteiger partial charge in [-0.25, -0.2) is 13.8 Å². The van der Waals surface area contributed by atoms with Crippen LogP contribution in [0, 0.1) is 11.7 Å². The topological polar surface area (TPSA) is 80.1 Å². The first-order valence-corrected chi connectivity index (χ1v) is 7.41. The van der Waals surface area contributed by atoms with E-state index in [1.165, 1.54) is 31.4 Å². The van der Waals surface area contributed by atoms with Crippen molar-refractivity contribution in [3.63, 3.8) is 0 Å². The number of aryl methyl sites for hydroxylation is 1. The third-order valence-corrected chi connectivity index (χ3v) is 4.86. The fourth-order valence-electron chi connectivity index (χ4n) is 1.80. The Hall–Kier alpha value is -2.21. The first kappa shape index (κ1) is 14.2. The highest BCUT2D eigenvalue weighted by molar-refractivity contribution is 7.92. The Morgan fingerprint density at radius 2 is 1.90 bits per heavy atom. The highest BCUT2D eigenvalue weighted by Gasteiger charge is 2.17. The molecule has 0 radical (unpaired) electrons. The van der Waals surface area contributed by atoms with Gasteiger partial charge in [-0.3, -0.25) is 4.98 Å². The molecule has 0 aliphatic rings. The van der Waals surface area contributed by atoms with Crippen molar-refractivity contribution in [1.82, 2.24) is 4.98 Å². The van der Waals surface area contributed by atoms with Crippen LogP contribution < -0.4 is 0 Å². The van der Waals surface area contributed by atoms with E-state index in [0.717, 1.165) is 0 Å². The lowest BCUT2D eigenvalue weighted by molar-refractivity contribution is 0.0600. The molecule has 1 unspecified atom stereocenters. The van der Waals surface area contributed by atoms with Crippen LogP contribution in [0.3, 0.4) is 0 Å². The van der Waals surface area contributed by atoms with Gasteiger partial charge >= 0.3 is 5.97 Å². The Morgan fingerprint density at radius 1 is 1.25 bits per heavy atom. The van der Waals surface area contributed by atoms with Crippen LogP contribution in [0.25, 0.3) is 0 Å². The summed E-state index contributed by atoms with van der Waals surface area (Å²) < 4.78 is 25.4. The second-order valence-corrected chi connectivity index (χ2v) is 6.18. The van der Waals surface area contributed by atoms with Crippen molar-refractivity contribution in [1.29, 1.82) is 4.78 Å². The van der Waals surface area contributed by atoms with Gasteiger partial charge in [0.15, 0.2) is 0 Å². The van der Waals surface area contributed by atoms with Gasteiger partial charge < -0.3 is 4.74 Å². The third kappa shape index (κ3) is 2.55. The van der Waals surface area contributed by atoms with Gasteiger partial charge in [-0.1, -0.05) is 0 Å². The van der Waals surface area contributed by atoms with E-state index >= 15 is 0 Å². The minimum atomic E-state index is -3.13. The predicted molar refractivity (Wildman–Crippen MR) is 74.1 cm³/mol. The molecule has 1 aromatic heterocycles. The van der Waals surface area contributed by atoms with Crippen molar-refractivity contribution in [2.75, 3.05) is 7.11 Å². The van der Waals surface area contributed by atoms with Crippen LogP contribution in [0.4, 0.5) is 0 Å². The number of pyridine rings is 1. The number of esters is 1. The highest BCUT2D eigenvalue weighted by atomic mass is 32.2. The third-order valence-electron chi connectivity index (χ3n) is 2.88. The summed E-state index contributed by atoms with van der Waals surface area (Å²) in [4.78, 5) is 16.1. The van der Waals surface area contributed by atoms with Gasteiger partial charge in [-0.15, -0.1) is 0 Å². The molecule has 5 nitrogen and oxygen atoms in total. The van der Waals surface area contributed by atoms with Crippen LogP contribution in [0.2, 0.25) is 0 Å². The van der Waals surface area contributed by atoms with Gasteiger partial charge in [0, 0.05) is 6.20 Å². The Morgan fingerprint density at radius 3 is 2.45 bits per heavy atom. The maximum absolute atomic E-state index is 12.7. The lowest BCUT2D eigenvalue weighted by Crippen LogP contribution is -2.05. The molecule has 0 spiro atoms. The maximum Gasteiger partial charge on any atom is 0.337 e. The first-order chi connectivity index (χ1) is 9.46. The minimum Gasteiger partial charge on any atom is -0.465 e. The molecule has 0 amide bonds. The molecule has 2 aromatic rings. The Labute approximate surface area is 117 Å². The fourth-order valence-corrected chi connectivity index (χ4v) is 3.31.